The van der Waals surface area contributed by atoms with E-state index in [0.717, 1.165) is 0 Å². The molecule has 194 valence electrons. The van der Waals surface area contributed by atoms with Crippen molar-refractivity contribution in [3.63, 3.8) is 0 Å². The van der Waals surface area contributed by atoms with E-state index in [2.05, 4.69) is 46.6 Å². The smallest absolute Gasteiger partial charge is 0.328 e. The first-order valence-electron chi connectivity index (χ1n) is 10.5. The van der Waals surface area contributed by atoms with Gasteiger partial charge in [0.05, 0.1) is 40.7 Å². The number of hydrogen-bond donors (Lipinski definition) is 3. The molecule has 0 radical (unpaired) electrons. The molecule has 2 aromatic rings. The zero-order valence-corrected chi connectivity index (χ0v) is 23.8. The fraction of sp³-hybridized carbons (Fsp3) is 0.130. The van der Waals surface area contributed by atoms with Crippen molar-refractivity contribution < 1.29 is 27.1 Å². The van der Waals surface area contributed by atoms with E-state index in [1.807, 2.05) is 0 Å². The minimum atomic E-state index is -4.11. The van der Waals surface area contributed by atoms with Crippen LogP contribution in [0, 0.1) is 5.82 Å². The number of fused-ring (bicyclic) bond motifs is 1. The predicted molar refractivity (Wildman–Crippen MR) is 146 cm³/mol. The predicted octanol–water partition coefficient (Wildman–Crippen LogP) is 4.33. The van der Waals surface area contributed by atoms with E-state index in [4.69, 9.17) is 4.74 Å². The third-order valence-electron chi connectivity index (χ3n) is 5.28. The summed E-state index contributed by atoms with van der Waals surface area (Å²) >= 11 is 7.61. The number of hydrogen-bond acceptors (Lipinski definition) is 8. The van der Waals surface area contributed by atoms with Crippen LogP contribution in [0.4, 0.5) is 10.1 Å². The molecule has 2 aliphatic rings. The van der Waals surface area contributed by atoms with Gasteiger partial charge in [-0.3, -0.25) is 13.8 Å². The molecule has 0 saturated carbocycles. The van der Waals surface area contributed by atoms with Crippen molar-refractivity contribution in [2.75, 3.05) is 11.8 Å². The summed E-state index contributed by atoms with van der Waals surface area (Å²) in [7, 11) is -2.92. The van der Waals surface area contributed by atoms with Crippen LogP contribution >= 0.6 is 44.0 Å². The minimum Gasteiger partial charge on any atom is -0.467 e. The largest absolute Gasteiger partial charge is 0.467 e. The number of methoxy groups -OCH3 is 1. The Labute approximate surface area is 233 Å². The van der Waals surface area contributed by atoms with Gasteiger partial charge in [0.15, 0.2) is 0 Å². The van der Waals surface area contributed by atoms with Crippen LogP contribution in [-0.2, 0) is 26.0 Å². The monoisotopic (exact) mass is 672 g/mol. The maximum Gasteiger partial charge on any atom is 0.328 e. The third kappa shape index (κ3) is 6.20. The van der Waals surface area contributed by atoms with Crippen molar-refractivity contribution >= 4 is 71.6 Å². The summed E-state index contributed by atoms with van der Waals surface area (Å²) < 4.78 is 52.8. The highest BCUT2D eigenvalue weighted by atomic mass is 79.9. The van der Waals surface area contributed by atoms with Crippen LogP contribution in [-0.4, -0.2) is 37.8 Å². The number of nitrogens with one attached hydrogen (secondary N) is 3. The molecule has 0 spiro atoms. The van der Waals surface area contributed by atoms with Gasteiger partial charge >= 0.3 is 5.97 Å². The number of ether oxygens (including phenoxy) is 1. The highest BCUT2D eigenvalue weighted by molar-refractivity contribution is 9.10. The Hall–Kier alpha value is -2.81. The molecule has 37 heavy (non-hydrogen) atoms. The van der Waals surface area contributed by atoms with Gasteiger partial charge in [-0.15, -0.1) is 0 Å². The molecule has 3 N–H and O–H groups in total. The maximum absolute atomic E-state index is 13.6. The number of sulfonamides is 1. The van der Waals surface area contributed by atoms with Crippen LogP contribution < -0.4 is 14.8 Å². The van der Waals surface area contributed by atoms with Gasteiger partial charge in [0.2, 0.25) is 0 Å². The number of allylic oxidation sites excluding steroid dienone is 2. The summed E-state index contributed by atoms with van der Waals surface area (Å²) in [6.45, 7) is 0. The van der Waals surface area contributed by atoms with Crippen LogP contribution in [0.3, 0.4) is 0 Å². The highest BCUT2D eigenvalue weighted by Gasteiger charge is 2.31. The molecule has 1 amide bonds. The number of carbonyl (C=O) groups is 2. The lowest BCUT2D eigenvalue weighted by Crippen LogP contribution is -2.43. The van der Waals surface area contributed by atoms with Crippen molar-refractivity contribution in [2.45, 2.75) is 12.5 Å². The number of halogens is 3. The van der Waals surface area contributed by atoms with Crippen LogP contribution in [0.1, 0.15) is 15.9 Å². The Morgan fingerprint density at radius 1 is 1.22 bits per heavy atom. The van der Waals surface area contributed by atoms with E-state index >= 15 is 0 Å². The summed E-state index contributed by atoms with van der Waals surface area (Å²) in [6.07, 6.45) is 6.32. The molecule has 0 fully saturated rings. The summed E-state index contributed by atoms with van der Waals surface area (Å²) in [5.41, 5.74) is 0.981. The molecule has 14 heteroatoms. The van der Waals surface area contributed by atoms with Crippen LogP contribution in [0.15, 0.2) is 80.5 Å². The fourth-order valence-corrected chi connectivity index (χ4v) is 6.30. The Morgan fingerprint density at radius 3 is 2.73 bits per heavy atom. The molecule has 0 aliphatic carbocycles. The molecular formula is C23H19Br2FN4O5S2. The molecule has 4 rings (SSSR count). The standard InChI is InChI=1S/C23H19Br2FN4O5S2/c1-35-23(32)19(10-13-4-7-17(26)16(25)9-13)28-22(31)15-6-5-14(24)11-18(15)29-37(33,34)21-3-2-8-30-20(21)12-27-36-30/h2-9,11-12,19,27,29H,10H2,1H3,(H,28,31)/t19-/m0/s1. The molecule has 0 bridgehead atoms. The molecule has 2 aliphatic heterocycles. The van der Waals surface area contributed by atoms with E-state index < -0.39 is 33.8 Å². The highest BCUT2D eigenvalue weighted by Crippen LogP contribution is 2.34. The Bertz CT molecular complexity index is 1460. The average Bonchev–Trinajstić information content (AvgIpc) is 3.34. The first kappa shape index (κ1) is 27.2. The first-order chi connectivity index (χ1) is 17.6. The van der Waals surface area contributed by atoms with E-state index in [0.29, 0.717) is 15.7 Å². The summed E-state index contributed by atoms with van der Waals surface area (Å²) in [5, 5.41) is 2.60. The number of esters is 1. The van der Waals surface area contributed by atoms with Gasteiger partial charge in [-0.1, -0.05) is 22.0 Å². The summed E-state index contributed by atoms with van der Waals surface area (Å²) in [5.74, 6) is -1.90. The number of benzene rings is 2. The first-order valence-corrected chi connectivity index (χ1v) is 14.4. The van der Waals surface area contributed by atoms with E-state index in [1.54, 1.807) is 28.8 Å². The molecule has 1 atom stereocenters. The lowest BCUT2D eigenvalue weighted by molar-refractivity contribution is -0.142. The number of amides is 1. The SMILES string of the molecule is COC(=O)[C@H](Cc1ccc(F)c(Br)c1)NC(=O)c1ccc(Br)cc1NS(=O)(=O)C1=CC=CN2SNC=C12. The summed E-state index contributed by atoms with van der Waals surface area (Å²) in [6, 6.07) is 7.55. The zero-order chi connectivity index (χ0) is 26.7. The Balaban J connectivity index is 1.60. The second-order valence-corrected chi connectivity index (χ2v) is 12.0. The molecule has 0 saturated heterocycles. The minimum absolute atomic E-state index is 0.00114. The van der Waals surface area contributed by atoms with Gasteiger partial charge in [0, 0.05) is 23.3 Å². The summed E-state index contributed by atoms with van der Waals surface area (Å²) in [4.78, 5) is 25.7. The Morgan fingerprint density at radius 2 is 2.00 bits per heavy atom. The van der Waals surface area contributed by atoms with Gasteiger partial charge in [-0.25, -0.2) is 17.6 Å². The van der Waals surface area contributed by atoms with Crippen molar-refractivity contribution in [2.24, 2.45) is 0 Å². The van der Waals surface area contributed by atoms with Crippen LogP contribution in [0.5, 0.6) is 0 Å². The van der Waals surface area contributed by atoms with Gasteiger partial charge in [-0.2, -0.15) is 0 Å². The quantitative estimate of drug-likeness (QED) is 0.280. The van der Waals surface area contributed by atoms with Gasteiger partial charge in [0.25, 0.3) is 15.9 Å². The van der Waals surface area contributed by atoms with Gasteiger partial charge in [0.1, 0.15) is 16.8 Å². The third-order valence-corrected chi connectivity index (χ3v) is 8.53. The van der Waals surface area contributed by atoms with Crippen molar-refractivity contribution in [1.82, 2.24) is 14.3 Å². The number of anilines is 1. The second-order valence-electron chi connectivity index (χ2n) is 7.73. The lowest BCUT2D eigenvalue weighted by atomic mass is 10.0. The van der Waals surface area contributed by atoms with E-state index in [1.165, 1.54) is 55.7 Å². The topological polar surface area (TPSA) is 117 Å². The van der Waals surface area contributed by atoms with E-state index in [-0.39, 0.29) is 27.0 Å². The number of carbonyl (C=O) groups excluding carboxylic acids is 2. The second kappa shape index (κ2) is 11.3. The van der Waals surface area contributed by atoms with E-state index in [9.17, 15) is 22.4 Å². The van der Waals surface area contributed by atoms with Gasteiger partial charge < -0.3 is 14.8 Å². The number of nitrogens with zero attached hydrogens (tertiary/aromatic N) is 1. The molecule has 0 unspecified atom stereocenters. The van der Waals surface area contributed by atoms with Crippen molar-refractivity contribution in [3.8, 4) is 0 Å². The molecule has 0 aromatic heterocycles. The molecule has 2 aromatic carbocycles. The molecular weight excluding hydrogens is 655 g/mol. The van der Waals surface area contributed by atoms with Gasteiger partial charge in [-0.05, 0) is 64.0 Å². The van der Waals surface area contributed by atoms with Crippen LogP contribution in [0.2, 0.25) is 0 Å². The van der Waals surface area contributed by atoms with Crippen LogP contribution in [0.25, 0.3) is 0 Å². The normalized spacial score (nSPS) is 15.2. The Kier molecular flexibility index (Phi) is 8.31. The maximum atomic E-state index is 13.6. The molecule has 2 heterocycles. The lowest BCUT2D eigenvalue weighted by Gasteiger charge is -2.22. The number of rotatable bonds is 8. The van der Waals surface area contributed by atoms with Crippen molar-refractivity contribution in [1.29, 1.82) is 0 Å². The fourth-order valence-electron chi connectivity index (χ4n) is 3.54. The van der Waals surface area contributed by atoms with Crippen molar-refractivity contribution in [3.05, 3.63) is 97.4 Å². The zero-order valence-electron chi connectivity index (χ0n) is 19.0. The average molecular weight is 674 g/mol. The molecule has 9 nitrogen and oxygen atoms in total.